The molecule has 0 aliphatic carbocycles. The lowest BCUT2D eigenvalue weighted by Gasteiger charge is -2.40. The molecule has 1 aromatic carbocycles. The Morgan fingerprint density at radius 2 is 2.12 bits per heavy atom. The van der Waals surface area contributed by atoms with Gasteiger partial charge < -0.3 is 20.9 Å². The van der Waals surface area contributed by atoms with Crippen LogP contribution in [0.4, 0.5) is 15.8 Å². The maximum Gasteiger partial charge on any atom is 0.255 e. The maximum atomic E-state index is 14.3. The Bertz CT molecular complexity index is 1380. The van der Waals surface area contributed by atoms with Gasteiger partial charge >= 0.3 is 0 Å². The lowest BCUT2D eigenvalue weighted by Crippen LogP contribution is -2.54. The summed E-state index contributed by atoms with van der Waals surface area (Å²) in [6, 6.07) is 6.82. The number of hydrogen-bond donors (Lipinski definition) is 5. The molecule has 1 saturated heterocycles. The molecule has 168 valence electrons. The van der Waals surface area contributed by atoms with E-state index in [0.717, 1.165) is 48.3 Å². The van der Waals surface area contributed by atoms with E-state index in [1.807, 2.05) is 12.1 Å². The fraction of sp³-hybridized carbons (Fsp3) is 0.292. The van der Waals surface area contributed by atoms with Crippen molar-refractivity contribution in [1.82, 2.24) is 30.8 Å². The number of rotatable bonds is 3. The number of aromatic nitrogens is 4. The molecule has 0 unspecified atom stereocenters. The molecule has 1 atom stereocenters. The van der Waals surface area contributed by atoms with Crippen LogP contribution in [0.2, 0.25) is 0 Å². The minimum absolute atomic E-state index is 0.141. The zero-order valence-corrected chi connectivity index (χ0v) is 18.2. The highest BCUT2D eigenvalue weighted by Gasteiger charge is 2.44. The average molecular weight is 446 g/mol. The van der Waals surface area contributed by atoms with E-state index in [9.17, 15) is 9.18 Å². The fourth-order valence-corrected chi connectivity index (χ4v) is 5.16. The lowest BCUT2D eigenvalue weighted by atomic mass is 9.74. The van der Waals surface area contributed by atoms with Crippen LogP contribution in [0.1, 0.15) is 34.5 Å². The van der Waals surface area contributed by atoms with Crippen LogP contribution in [-0.4, -0.2) is 45.7 Å². The lowest BCUT2D eigenvalue weighted by molar-refractivity contribution is 0.0916. The third kappa shape index (κ3) is 3.03. The zero-order chi connectivity index (χ0) is 22.6. The Morgan fingerprint density at radius 1 is 1.21 bits per heavy atom. The van der Waals surface area contributed by atoms with Gasteiger partial charge in [-0.25, -0.2) is 9.37 Å². The molecule has 8 nitrogen and oxygen atoms in total. The monoisotopic (exact) mass is 445 g/mol. The first-order valence-corrected chi connectivity index (χ1v) is 11.1. The van der Waals surface area contributed by atoms with Gasteiger partial charge in [0.05, 0.1) is 23.1 Å². The number of aromatic amines is 2. The van der Waals surface area contributed by atoms with Crippen LogP contribution in [0.3, 0.4) is 0 Å². The highest BCUT2D eigenvalue weighted by Crippen LogP contribution is 2.45. The van der Waals surface area contributed by atoms with E-state index in [0.29, 0.717) is 34.7 Å². The zero-order valence-electron chi connectivity index (χ0n) is 18.2. The molecule has 2 aliphatic heterocycles. The summed E-state index contributed by atoms with van der Waals surface area (Å²) in [6.07, 6.45) is 5.43. The van der Waals surface area contributed by atoms with E-state index in [-0.39, 0.29) is 17.1 Å². The number of carbonyl (C=O) groups excluding carboxylic acids is 1. The standard InChI is InChI=1S/C24H24FN7O/c1-13-16(25)4-2-5-17(13)30-20-18-21(24(12-28-23(18)33)7-3-8-26-11-24)31-19(20)14-6-9-27-22-15(14)10-29-32-22/h2,4-6,9-10,26,30-31H,3,7-8,11-12H2,1H3,(H,28,33)(H,27,29,32)/t24-/m1/s1. The summed E-state index contributed by atoms with van der Waals surface area (Å²) in [5.74, 6) is -0.442. The van der Waals surface area contributed by atoms with Crippen molar-refractivity contribution >= 4 is 28.3 Å². The van der Waals surface area contributed by atoms with Crippen molar-refractivity contribution in [2.75, 3.05) is 25.0 Å². The molecule has 0 saturated carbocycles. The van der Waals surface area contributed by atoms with Gasteiger partial charge in [0, 0.05) is 52.6 Å². The van der Waals surface area contributed by atoms with Crippen LogP contribution in [0.15, 0.2) is 36.7 Å². The highest BCUT2D eigenvalue weighted by atomic mass is 19.1. The first kappa shape index (κ1) is 19.9. The molecule has 1 amide bonds. The molecule has 0 bridgehead atoms. The number of hydrogen-bond acceptors (Lipinski definition) is 5. The first-order valence-electron chi connectivity index (χ1n) is 11.1. The van der Waals surface area contributed by atoms with E-state index < -0.39 is 0 Å². The van der Waals surface area contributed by atoms with Gasteiger partial charge in [-0.3, -0.25) is 9.89 Å². The van der Waals surface area contributed by atoms with Gasteiger partial charge in [0.15, 0.2) is 5.65 Å². The largest absolute Gasteiger partial charge is 0.355 e. The van der Waals surface area contributed by atoms with Crippen molar-refractivity contribution in [1.29, 1.82) is 0 Å². The molecule has 1 fully saturated rings. The second-order valence-electron chi connectivity index (χ2n) is 8.90. The van der Waals surface area contributed by atoms with Gasteiger partial charge in [0.25, 0.3) is 5.91 Å². The van der Waals surface area contributed by atoms with Crippen molar-refractivity contribution in [3.05, 3.63) is 59.3 Å². The highest BCUT2D eigenvalue weighted by molar-refractivity contribution is 6.08. The Balaban J connectivity index is 1.62. The Hall–Kier alpha value is -3.72. The molecule has 5 N–H and O–H groups in total. The van der Waals surface area contributed by atoms with Crippen molar-refractivity contribution in [2.45, 2.75) is 25.2 Å². The van der Waals surface area contributed by atoms with Gasteiger partial charge in [-0.05, 0) is 44.5 Å². The molecule has 33 heavy (non-hydrogen) atoms. The fourth-order valence-electron chi connectivity index (χ4n) is 5.16. The number of pyridine rings is 1. The third-order valence-electron chi connectivity index (χ3n) is 6.97. The van der Waals surface area contributed by atoms with Gasteiger partial charge in [0.2, 0.25) is 0 Å². The van der Waals surface area contributed by atoms with Gasteiger partial charge in [-0.1, -0.05) is 6.07 Å². The quantitative estimate of drug-likeness (QED) is 0.332. The third-order valence-corrected chi connectivity index (χ3v) is 6.97. The summed E-state index contributed by atoms with van der Waals surface area (Å²) in [4.78, 5) is 21.2. The van der Waals surface area contributed by atoms with Gasteiger partial charge in [-0.15, -0.1) is 0 Å². The number of anilines is 2. The van der Waals surface area contributed by atoms with Crippen molar-refractivity contribution in [3.8, 4) is 11.3 Å². The van der Waals surface area contributed by atoms with Crippen molar-refractivity contribution in [2.24, 2.45) is 0 Å². The maximum absolute atomic E-state index is 14.3. The second kappa shape index (κ2) is 7.41. The molecule has 0 radical (unpaired) electrons. The van der Waals surface area contributed by atoms with E-state index in [4.69, 9.17) is 0 Å². The molecule has 5 heterocycles. The normalized spacial score (nSPS) is 20.1. The number of piperidine rings is 1. The van der Waals surface area contributed by atoms with E-state index in [1.54, 1.807) is 25.4 Å². The second-order valence-corrected chi connectivity index (χ2v) is 8.90. The van der Waals surface area contributed by atoms with E-state index >= 15 is 0 Å². The molecule has 3 aromatic heterocycles. The molecule has 1 spiro atoms. The molecular weight excluding hydrogens is 421 g/mol. The molecule has 2 aliphatic rings. The van der Waals surface area contributed by atoms with Gasteiger partial charge in [0.1, 0.15) is 5.82 Å². The van der Waals surface area contributed by atoms with Crippen LogP contribution in [0.25, 0.3) is 22.3 Å². The van der Waals surface area contributed by atoms with Crippen LogP contribution < -0.4 is 16.0 Å². The smallest absolute Gasteiger partial charge is 0.255 e. The average Bonchev–Trinajstić information content (AvgIpc) is 3.46. The summed E-state index contributed by atoms with van der Waals surface area (Å²) in [5, 5.41) is 17.9. The van der Waals surface area contributed by atoms with Crippen LogP contribution >= 0.6 is 0 Å². The van der Waals surface area contributed by atoms with Crippen molar-refractivity contribution < 1.29 is 9.18 Å². The number of benzene rings is 1. The number of H-pyrrole nitrogens is 2. The minimum Gasteiger partial charge on any atom is -0.355 e. The van der Waals surface area contributed by atoms with E-state index in [2.05, 4.69) is 36.1 Å². The number of carbonyl (C=O) groups is 1. The van der Waals surface area contributed by atoms with Gasteiger partial charge in [-0.2, -0.15) is 5.10 Å². The van der Waals surface area contributed by atoms with Crippen LogP contribution in [-0.2, 0) is 5.41 Å². The Kier molecular flexibility index (Phi) is 4.48. The summed E-state index contributed by atoms with van der Waals surface area (Å²) in [7, 11) is 0. The summed E-state index contributed by atoms with van der Waals surface area (Å²) >= 11 is 0. The molecule has 4 aromatic rings. The number of nitrogens with one attached hydrogen (secondary N) is 5. The first-order chi connectivity index (χ1) is 16.1. The summed E-state index contributed by atoms with van der Waals surface area (Å²) in [6.45, 7) is 4.04. The summed E-state index contributed by atoms with van der Waals surface area (Å²) in [5.41, 5.74) is 5.30. The Morgan fingerprint density at radius 3 is 2.97 bits per heavy atom. The predicted octanol–water partition coefficient (Wildman–Crippen LogP) is 3.51. The molecular formula is C24H24FN7O. The van der Waals surface area contributed by atoms with E-state index in [1.165, 1.54) is 6.07 Å². The predicted molar refractivity (Wildman–Crippen MR) is 124 cm³/mol. The Labute approximate surface area is 189 Å². The summed E-state index contributed by atoms with van der Waals surface area (Å²) < 4.78 is 14.3. The van der Waals surface area contributed by atoms with Crippen LogP contribution in [0, 0.1) is 12.7 Å². The number of halogens is 1. The van der Waals surface area contributed by atoms with Crippen molar-refractivity contribution in [3.63, 3.8) is 0 Å². The van der Waals surface area contributed by atoms with Crippen LogP contribution in [0.5, 0.6) is 0 Å². The number of fused-ring (bicyclic) bond motifs is 3. The number of amides is 1. The minimum atomic E-state index is -0.301. The SMILES string of the molecule is Cc1c(F)cccc1Nc1c(-c2ccnc3[nH]ncc23)[nH]c2c1C(=O)NC[C@]21CCCNC1. The molecule has 9 heteroatoms. The number of nitrogens with zero attached hydrogens (tertiary/aromatic N) is 2. The topological polar surface area (TPSA) is 111 Å². The molecule has 6 rings (SSSR count).